The number of nitrogens with one attached hydrogen (secondary N) is 2. The maximum Gasteiger partial charge on any atom is 0.322 e. The normalized spacial score (nSPS) is 9.90. The molecule has 0 aliphatic rings. The Morgan fingerprint density at radius 2 is 1.95 bits per heavy atom. The standard InChI is InChI=1S/C10H9F2N3O5/c11-5-1-2-6(15(19)20)10(9(5)12)14-3-7(16)13-4-8(17)18/h1-2,14H,3-4H2,(H,13,16)(H,17,18). The predicted molar refractivity (Wildman–Crippen MR) is 62.1 cm³/mol. The Hall–Kier alpha value is -2.78. The average Bonchev–Trinajstić information content (AvgIpc) is 2.37. The Morgan fingerprint density at radius 3 is 2.50 bits per heavy atom. The first-order valence-corrected chi connectivity index (χ1v) is 5.17. The first-order chi connectivity index (χ1) is 9.32. The Morgan fingerprint density at radius 1 is 1.30 bits per heavy atom. The lowest BCUT2D eigenvalue weighted by Crippen LogP contribution is -2.34. The van der Waals surface area contributed by atoms with Crippen LogP contribution in [0.5, 0.6) is 0 Å². The number of nitro benzene ring substituents is 1. The molecule has 1 aromatic carbocycles. The summed E-state index contributed by atoms with van der Waals surface area (Å²) in [7, 11) is 0. The molecule has 8 nitrogen and oxygen atoms in total. The molecule has 20 heavy (non-hydrogen) atoms. The van der Waals surface area contributed by atoms with Crippen LogP contribution in [0, 0.1) is 21.7 Å². The van der Waals surface area contributed by atoms with E-state index in [1.807, 2.05) is 5.32 Å². The number of anilines is 1. The minimum absolute atomic E-state index is 0.586. The average molecular weight is 289 g/mol. The van der Waals surface area contributed by atoms with Gasteiger partial charge in [-0.05, 0) is 6.07 Å². The summed E-state index contributed by atoms with van der Waals surface area (Å²) in [6, 6.07) is 1.33. The number of benzene rings is 1. The Labute approximate surface area is 110 Å². The minimum Gasteiger partial charge on any atom is -0.480 e. The van der Waals surface area contributed by atoms with Crippen LogP contribution < -0.4 is 10.6 Å². The van der Waals surface area contributed by atoms with Gasteiger partial charge in [0.2, 0.25) is 5.91 Å². The zero-order valence-electron chi connectivity index (χ0n) is 9.85. The molecule has 1 rings (SSSR count). The molecular formula is C10H9F2N3O5. The lowest BCUT2D eigenvalue weighted by atomic mass is 10.2. The smallest absolute Gasteiger partial charge is 0.322 e. The van der Waals surface area contributed by atoms with Crippen molar-refractivity contribution in [3.63, 3.8) is 0 Å². The minimum atomic E-state index is -1.50. The summed E-state index contributed by atoms with van der Waals surface area (Å²) in [5.41, 5.74) is -1.52. The second-order valence-corrected chi connectivity index (χ2v) is 3.54. The monoisotopic (exact) mass is 289 g/mol. The molecule has 1 amide bonds. The summed E-state index contributed by atoms with van der Waals surface area (Å²) in [4.78, 5) is 31.1. The second-order valence-electron chi connectivity index (χ2n) is 3.54. The first-order valence-electron chi connectivity index (χ1n) is 5.17. The van der Waals surface area contributed by atoms with E-state index in [1.165, 1.54) is 0 Å². The zero-order chi connectivity index (χ0) is 15.3. The molecular weight excluding hydrogens is 280 g/mol. The molecule has 0 fully saturated rings. The summed E-state index contributed by atoms with van der Waals surface area (Å²) < 4.78 is 26.4. The Kier molecular flexibility index (Phi) is 4.89. The molecule has 0 aliphatic carbocycles. The number of carbonyl (C=O) groups excluding carboxylic acids is 1. The van der Waals surface area contributed by atoms with Crippen LogP contribution in [0.3, 0.4) is 0 Å². The molecule has 0 aromatic heterocycles. The molecule has 3 N–H and O–H groups in total. The first kappa shape index (κ1) is 15.3. The van der Waals surface area contributed by atoms with E-state index >= 15 is 0 Å². The highest BCUT2D eigenvalue weighted by Crippen LogP contribution is 2.28. The third-order valence-electron chi connectivity index (χ3n) is 2.13. The number of rotatable bonds is 6. The number of hydrogen-bond acceptors (Lipinski definition) is 5. The van der Waals surface area contributed by atoms with Crippen LogP contribution in [0.1, 0.15) is 0 Å². The lowest BCUT2D eigenvalue weighted by molar-refractivity contribution is -0.384. The molecule has 0 radical (unpaired) electrons. The van der Waals surface area contributed by atoms with Crippen molar-refractivity contribution in [1.29, 1.82) is 0 Å². The number of carboxylic acids is 1. The number of nitrogens with zero attached hydrogens (tertiary/aromatic N) is 1. The van der Waals surface area contributed by atoms with E-state index in [0.29, 0.717) is 6.07 Å². The number of nitro groups is 1. The van der Waals surface area contributed by atoms with E-state index < -0.39 is 52.9 Å². The van der Waals surface area contributed by atoms with E-state index in [0.717, 1.165) is 6.07 Å². The van der Waals surface area contributed by atoms with E-state index in [-0.39, 0.29) is 0 Å². The number of hydrogen-bond donors (Lipinski definition) is 3. The Balaban J connectivity index is 2.81. The summed E-state index contributed by atoms with van der Waals surface area (Å²) in [5.74, 6) is -4.94. The van der Waals surface area contributed by atoms with Gasteiger partial charge in [0, 0.05) is 6.07 Å². The van der Waals surface area contributed by atoms with Gasteiger partial charge in [-0.15, -0.1) is 0 Å². The molecule has 0 heterocycles. The lowest BCUT2D eigenvalue weighted by Gasteiger charge is -2.08. The molecule has 0 atom stereocenters. The molecule has 10 heteroatoms. The quantitative estimate of drug-likeness (QED) is 0.517. The predicted octanol–water partition coefficient (Wildman–Crippen LogP) is 0.486. The molecule has 0 unspecified atom stereocenters. The van der Waals surface area contributed by atoms with E-state index in [4.69, 9.17) is 5.11 Å². The van der Waals surface area contributed by atoms with Gasteiger partial charge < -0.3 is 15.7 Å². The zero-order valence-corrected chi connectivity index (χ0v) is 9.85. The van der Waals surface area contributed by atoms with Crippen LogP contribution >= 0.6 is 0 Å². The fraction of sp³-hybridized carbons (Fsp3) is 0.200. The summed E-state index contributed by atoms with van der Waals surface area (Å²) in [5, 5.41) is 23.0. The van der Waals surface area contributed by atoms with Crippen LogP contribution in [0.2, 0.25) is 0 Å². The van der Waals surface area contributed by atoms with Crippen molar-refractivity contribution in [2.75, 3.05) is 18.4 Å². The maximum atomic E-state index is 13.4. The van der Waals surface area contributed by atoms with Crippen molar-refractivity contribution in [3.05, 3.63) is 33.9 Å². The number of halogens is 2. The van der Waals surface area contributed by atoms with Crippen molar-refractivity contribution in [2.24, 2.45) is 0 Å². The molecule has 0 bridgehead atoms. The molecule has 0 saturated heterocycles. The van der Waals surface area contributed by atoms with Crippen molar-refractivity contribution >= 4 is 23.3 Å². The third-order valence-corrected chi connectivity index (χ3v) is 2.13. The highest BCUT2D eigenvalue weighted by atomic mass is 19.2. The van der Waals surface area contributed by atoms with Crippen LogP contribution in [-0.4, -0.2) is 35.0 Å². The van der Waals surface area contributed by atoms with Crippen LogP contribution in [0.15, 0.2) is 12.1 Å². The largest absolute Gasteiger partial charge is 0.480 e. The highest BCUT2D eigenvalue weighted by Gasteiger charge is 2.21. The van der Waals surface area contributed by atoms with Gasteiger partial charge in [-0.2, -0.15) is 0 Å². The van der Waals surface area contributed by atoms with Gasteiger partial charge in [0.15, 0.2) is 17.3 Å². The second kappa shape index (κ2) is 6.41. The van der Waals surface area contributed by atoms with Crippen LogP contribution in [0.4, 0.5) is 20.2 Å². The number of aliphatic carboxylic acids is 1. The van der Waals surface area contributed by atoms with Crippen molar-refractivity contribution in [2.45, 2.75) is 0 Å². The molecule has 0 spiro atoms. The number of carboxylic acid groups (broad SMARTS) is 1. The summed E-state index contributed by atoms with van der Waals surface area (Å²) >= 11 is 0. The van der Waals surface area contributed by atoms with Crippen LogP contribution in [-0.2, 0) is 9.59 Å². The van der Waals surface area contributed by atoms with E-state index in [9.17, 15) is 28.5 Å². The van der Waals surface area contributed by atoms with Gasteiger partial charge in [-0.3, -0.25) is 19.7 Å². The molecule has 0 saturated carbocycles. The summed E-state index contributed by atoms with van der Waals surface area (Å²) in [6.45, 7) is -1.30. The molecule has 108 valence electrons. The van der Waals surface area contributed by atoms with Gasteiger partial charge >= 0.3 is 5.97 Å². The summed E-state index contributed by atoms with van der Waals surface area (Å²) in [6.07, 6.45) is 0. The number of amides is 1. The van der Waals surface area contributed by atoms with Gasteiger partial charge in [0.05, 0.1) is 11.5 Å². The molecule has 0 aliphatic heterocycles. The Bertz CT molecular complexity index is 564. The van der Waals surface area contributed by atoms with Crippen molar-refractivity contribution in [1.82, 2.24) is 5.32 Å². The van der Waals surface area contributed by atoms with Gasteiger partial charge in [0.1, 0.15) is 6.54 Å². The highest BCUT2D eigenvalue weighted by molar-refractivity contribution is 5.85. The van der Waals surface area contributed by atoms with E-state index in [1.54, 1.807) is 0 Å². The van der Waals surface area contributed by atoms with E-state index in [2.05, 4.69) is 5.32 Å². The maximum absolute atomic E-state index is 13.4. The topological polar surface area (TPSA) is 122 Å². The van der Waals surface area contributed by atoms with Crippen LogP contribution in [0.25, 0.3) is 0 Å². The number of carbonyl (C=O) groups is 2. The van der Waals surface area contributed by atoms with Crippen molar-refractivity contribution in [3.8, 4) is 0 Å². The third kappa shape index (κ3) is 3.86. The van der Waals surface area contributed by atoms with Gasteiger partial charge in [-0.1, -0.05) is 0 Å². The fourth-order valence-corrected chi connectivity index (χ4v) is 1.27. The SMILES string of the molecule is O=C(O)CNC(=O)CNc1c([N+](=O)[O-])ccc(F)c1F. The fourth-order valence-electron chi connectivity index (χ4n) is 1.27. The van der Waals surface area contributed by atoms with Crippen molar-refractivity contribution < 1.29 is 28.4 Å². The van der Waals surface area contributed by atoms with Gasteiger partial charge in [0.25, 0.3) is 5.69 Å². The van der Waals surface area contributed by atoms with Gasteiger partial charge in [-0.25, -0.2) is 8.78 Å². The molecule has 1 aromatic rings.